The second-order valence-corrected chi connectivity index (χ2v) is 2.54. The van der Waals surface area contributed by atoms with Crippen LogP contribution >= 0.6 is 0 Å². The molecule has 11 heavy (non-hydrogen) atoms. The van der Waals surface area contributed by atoms with E-state index in [1.54, 1.807) is 5.48 Å². The number of aliphatic imine (C=N–C) groups is 1. The molecule has 0 saturated carbocycles. The molecule has 5 heteroatoms. The van der Waals surface area contributed by atoms with E-state index in [1.807, 2.05) is 14.1 Å². The maximum Gasteiger partial charge on any atom is 0.212 e. The number of nitrogens with zero attached hydrogens (tertiary/aromatic N) is 2. The molecule has 0 rings (SSSR count). The highest BCUT2D eigenvalue weighted by atomic mass is 16.5. The molecule has 0 bridgehead atoms. The summed E-state index contributed by atoms with van der Waals surface area (Å²) >= 11 is 0. The fourth-order valence-corrected chi connectivity index (χ4v) is 0.622. The molecule has 4 N–H and O–H groups in total. The number of nitrogens with two attached hydrogens (primary N) is 1. The summed E-state index contributed by atoms with van der Waals surface area (Å²) in [4.78, 5) is 5.89. The van der Waals surface area contributed by atoms with Gasteiger partial charge in [-0.3, -0.25) is 10.2 Å². The van der Waals surface area contributed by atoms with Crippen LogP contribution in [0.5, 0.6) is 0 Å². The molecule has 0 heterocycles. The molecule has 0 amide bonds. The third-order valence-corrected chi connectivity index (χ3v) is 1.16. The van der Waals surface area contributed by atoms with Gasteiger partial charge in [0.15, 0.2) is 0 Å². The summed E-state index contributed by atoms with van der Waals surface area (Å²) < 4.78 is 0. The monoisotopic (exact) mass is 160 g/mol. The Hall–Kier alpha value is -0.810. The van der Waals surface area contributed by atoms with Gasteiger partial charge in [0, 0.05) is 6.54 Å². The van der Waals surface area contributed by atoms with Gasteiger partial charge in [-0.15, -0.1) is 0 Å². The third kappa shape index (κ3) is 7.08. The summed E-state index contributed by atoms with van der Waals surface area (Å²) in [5.41, 5.74) is 6.93. The van der Waals surface area contributed by atoms with Crippen molar-refractivity contribution in [2.24, 2.45) is 10.7 Å². The van der Waals surface area contributed by atoms with E-state index in [2.05, 4.69) is 9.89 Å². The maximum atomic E-state index is 8.23. The van der Waals surface area contributed by atoms with E-state index in [-0.39, 0.29) is 5.96 Å². The summed E-state index contributed by atoms with van der Waals surface area (Å²) in [5, 5.41) is 8.23. The zero-order chi connectivity index (χ0) is 8.69. The molecule has 0 spiro atoms. The highest BCUT2D eigenvalue weighted by molar-refractivity contribution is 5.76. The van der Waals surface area contributed by atoms with Crippen LogP contribution in [0.4, 0.5) is 0 Å². The average molecular weight is 160 g/mol. The van der Waals surface area contributed by atoms with Crippen molar-refractivity contribution >= 4 is 5.96 Å². The molecule has 66 valence electrons. The van der Waals surface area contributed by atoms with E-state index < -0.39 is 0 Å². The quantitative estimate of drug-likeness (QED) is 0.218. The van der Waals surface area contributed by atoms with Gasteiger partial charge in [0.2, 0.25) is 5.96 Å². The summed E-state index contributed by atoms with van der Waals surface area (Å²) in [6.07, 6.45) is 0.940. The topological polar surface area (TPSA) is 73.9 Å². The van der Waals surface area contributed by atoms with Crippen LogP contribution in [-0.2, 0) is 0 Å². The van der Waals surface area contributed by atoms with Crippen LogP contribution in [-0.4, -0.2) is 43.3 Å². The average Bonchev–Trinajstić information content (AvgIpc) is 1.97. The number of hydrogen-bond acceptors (Lipinski definition) is 3. The molecule has 0 aliphatic carbocycles. The lowest BCUT2D eigenvalue weighted by Gasteiger charge is -2.06. The van der Waals surface area contributed by atoms with E-state index in [9.17, 15) is 0 Å². The van der Waals surface area contributed by atoms with Gasteiger partial charge in [0.1, 0.15) is 0 Å². The number of nitrogens with one attached hydrogen (secondary N) is 1. The predicted molar refractivity (Wildman–Crippen MR) is 44.6 cm³/mol. The Kier molecular flexibility index (Phi) is 5.50. The van der Waals surface area contributed by atoms with Gasteiger partial charge < -0.3 is 10.6 Å². The Morgan fingerprint density at radius 3 is 2.73 bits per heavy atom. The van der Waals surface area contributed by atoms with Crippen molar-refractivity contribution in [1.82, 2.24) is 10.4 Å². The van der Waals surface area contributed by atoms with Gasteiger partial charge >= 0.3 is 0 Å². The SMILES string of the molecule is CN(C)CCCN=C(N)NO. The molecule has 0 unspecified atom stereocenters. The van der Waals surface area contributed by atoms with Crippen molar-refractivity contribution in [3.8, 4) is 0 Å². The molecule has 0 radical (unpaired) electrons. The van der Waals surface area contributed by atoms with Gasteiger partial charge in [-0.05, 0) is 27.1 Å². The molecule has 0 aromatic heterocycles. The molecule has 0 atom stereocenters. The van der Waals surface area contributed by atoms with Crippen molar-refractivity contribution in [2.45, 2.75) is 6.42 Å². The van der Waals surface area contributed by atoms with Crippen molar-refractivity contribution in [2.75, 3.05) is 27.2 Å². The third-order valence-electron chi connectivity index (χ3n) is 1.16. The van der Waals surface area contributed by atoms with Crippen LogP contribution in [0.3, 0.4) is 0 Å². The molecule has 0 saturated heterocycles. The minimum Gasteiger partial charge on any atom is -0.368 e. The Balaban J connectivity index is 3.26. The van der Waals surface area contributed by atoms with Crippen LogP contribution in [0.15, 0.2) is 4.99 Å². The van der Waals surface area contributed by atoms with Crippen molar-refractivity contribution < 1.29 is 5.21 Å². The predicted octanol–water partition coefficient (Wildman–Crippen LogP) is -0.768. The summed E-state index contributed by atoms with van der Waals surface area (Å²) in [5.74, 6) is 0.0729. The summed E-state index contributed by atoms with van der Waals surface area (Å²) in [7, 11) is 3.99. The first-order valence-corrected chi connectivity index (χ1v) is 3.51. The van der Waals surface area contributed by atoms with Gasteiger partial charge in [-0.25, -0.2) is 5.48 Å². The Morgan fingerprint density at radius 1 is 1.64 bits per heavy atom. The number of rotatable bonds is 4. The van der Waals surface area contributed by atoms with Gasteiger partial charge in [0.25, 0.3) is 0 Å². The van der Waals surface area contributed by atoms with E-state index in [1.165, 1.54) is 0 Å². The van der Waals surface area contributed by atoms with Crippen molar-refractivity contribution in [3.05, 3.63) is 0 Å². The highest BCUT2D eigenvalue weighted by Gasteiger charge is 1.89. The van der Waals surface area contributed by atoms with E-state index in [0.717, 1.165) is 13.0 Å². The minimum absolute atomic E-state index is 0.0729. The minimum atomic E-state index is 0.0729. The fraction of sp³-hybridized carbons (Fsp3) is 0.833. The number of hydroxylamine groups is 1. The zero-order valence-electron chi connectivity index (χ0n) is 7.04. The van der Waals surface area contributed by atoms with Crippen LogP contribution in [0, 0.1) is 0 Å². The zero-order valence-corrected chi connectivity index (χ0v) is 7.04. The van der Waals surface area contributed by atoms with Gasteiger partial charge in [-0.1, -0.05) is 0 Å². The standard InChI is InChI=1S/C6H16N4O/c1-10(2)5-3-4-8-6(7)9-11/h11H,3-5H2,1-2H3,(H3,7,8,9). The molecule has 0 aliphatic rings. The molecule has 5 nitrogen and oxygen atoms in total. The van der Waals surface area contributed by atoms with Gasteiger partial charge in [-0.2, -0.15) is 0 Å². The van der Waals surface area contributed by atoms with E-state index in [4.69, 9.17) is 10.9 Å². The largest absolute Gasteiger partial charge is 0.368 e. The Bertz CT molecular complexity index is 124. The second-order valence-electron chi connectivity index (χ2n) is 2.54. The second kappa shape index (κ2) is 5.94. The first-order valence-electron chi connectivity index (χ1n) is 3.51. The lowest BCUT2D eigenvalue weighted by atomic mass is 10.4. The molecule has 0 aromatic carbocycles. The number of hydrogen-bond donors (Lipinski definition) is 3. The van der Waals surface area contributed by atoms with E-state index in [0.29, 0.717) is 6.54 Å². The van der Waals surface area contributed by atoms with E-state index >= 15 is 0 Å². The number of guanidine groups is 1. The van der Waals surface area contributed by atoms with Crippen molar-refractivity contribution in [1.29, 1.82) is 0 Å². The maximum absolute atomic E-state index is 8.23. The first-order chi connectivity index (χ1) is 5.16. The highest BCUT2D eigenvalue weighted by Crippen LogP contribution is 1.83. The van der Waals surface area contributed by atoms with Crippen LogP contribution in [0.2, 0.25) is 0 Å². The van der Waals surface area contributed by atoms with Crippen molar-refractivity contribution in [3.63, 3.8) is 0 Å². The molecular weight excluding hydrogens is 144 g/mol. The molecule has 0 aromatic rings. The molecule has 0 aliphatic heterocycles. The van der Waals surface area contributed by atoms with Crippen LogP contribution in [0.25, 0.3) is 0 Å². The summed E-state index contributed by atoms with van der Waals surface area (Å²) in [6, 6.07) is 0. The lowest BCUT2D eigenvalue weighted by molar-refractivity contribution is 0.232. The van der Waals surface area contributed by atoms with Gasteiger partial charge in [0.05, 0.1) is 0 Å². The fourth-order valence-electron chi connectivity index (χ4n) is 0.622. The Labute approximate surface area is 66.9 Å². The smallest absolute Gasteiger partial charge is 0.212 e. The lowest BCUT2D eigenvalue weighted by Crippen LogP contribution is -2.28. The van der Waals surface area contributed by atoms with Crippen LogP contribution in [0.1, 0.15) is 6.42 Å². The molecular formula is C6H16N4O. The van der Waals surface area contributed by atoms with Crippen LogP contribution < -0.4 is 11.2 Å². The molecule has 0 fully saturated rings. The Morgan fingerprint density at radius 2 is 2.27 bits per heavy atom. The normalized spacial score (nSPS) is 12.2. The summed E-state index contributed by atoms with van der Waals surface area (Å²) in [6.45, 7) is 1.61. The first kappa shape index (κ1) is 10.2.